The minimum absolute atomic E-state index is 0.0710. The van der Waals surface area contributed by atoms with Crippen LogP contribution >= 0.6 is 0 Å². The smallest absolute Gasteiger partial charge is 0.270 e. The lowest BCUT2D eigenvalue weighted by Gasteiger charge is -2.34. The predicted octanol–water partition coefficient (Wildman–Crippen LogP) is 2.14. The predicted molar refractivity (Wildman–Crippen MR) is 78.1 cm³/mol. The summed E-state index contributed by atoms with van der Waals surface area (Å²) in [6.45, 7) is 4.63. The molecule has 2 atom stereocenters. The number of hydrogen-bond donors (Lipinski definition) is 1. The summed E-state index contributed by atoms with van der Waals surface area (Å²) in [4.78, 5) is 24.6. The molecule has 0 aromatic heterocycles. The van der Waals surface area contributed by atoms with Gasteiger partial charge in [-0.25, -0.2) is 0 Å². The van der Waals surface area contributed by atoms with Gasteiger partial charge in [0, 0.05) is 36.7 Å². The zero-order chi connectivity index (χ0) is 15.6. The number of nitro groups is 1. The number of carbonyl (C=O) groups is 1. The van der Waals surface area contributed by atoms with E-state index in [0.717, 1.165) is 18.4 Å². The zero-order valence-corrected chi connectivity index (χ0v) is 12.3. The van der Waals surface area contributed by atoms with Crippen molar-refractivity contribution in [2.75, 3.05) is 13.1 Å². The van der Waals surface area contributed by atoms with E-state index in [1.165, 1.54) is 12.1 Å². The third-order valence-corrected chi connectivity index (χ3v) is 4.09. The van der Waals surface area contributed by atoms with Gasteiger partial charge in [-0.3, -0.25) is 14.9 Å². The summed E-state index contributed by atoms with van der Waals surface area (Å²) in [6.07, 6.45) is 1.29. The van der Waals surface area contributed by atoms with Gasteiger partial charge in [0.2, 0.25) is 0 Å². The number of aliphatic hydroxyl groups excluding tert-OH is 1. The van der Waals surface area contributed by atoms with Crippen LogP contribution in [0.4, 0.5) is 5.69 Å². The lowest BCUT2D eigenvalue weighted by atomic mass is 9.92. The van der Waals surface area contributed by atoms with Crippen LogP contribution in [0.15, 0.2) is 18.2 Å². The van der Waals surface area contributed by atoms with Crippen molar-refractivity contribution in [1.82, 2.24) is 4.90 Å². The molecule has 1 heterocycles. The molecule has 1 aromatic carbocycles. The third kappa shape index (κ3) is 3.39. The number of benzene rings is 1. The summed E-state index contributed by atoms with van der Waals surface area (Å²) in [5.41, 5.74) is 1.02. The highest BCUT2D eigenvalue weighted by Crippen LogP contribution is 2.24. The lowest BCUT2D eigenvalue weighted by molar-refractivity contribution is -0.384. The molecule has 1 amide bonds. The first-order valence-electron chi connectivity index (χ1n) is 7.12. The van der Waals surface area contributed by atoms with Crippen molar-refractivity contribution < 1.29 is 14.8 Å². The number of amides is 1. The molecule has 0 bridgehead atoms. The monoisotopic (exact) mass is 292 g/mol. The fourth-order valence-electron chi connectivity index (χ4n) is 2.71. The van der Waals surface area contributed by atoms with E-state index in [1.807, 2.05) is 0 Å². The molecule has 2 rings (SSSR count). The Hall–Kier alpha value is -1.95. The third-order valence-electron chi connectivity index (χ3n) is 4.09. The highest BCUT2D eigenvalue weighted by atomic mass is 16.6. The summed E-state index contributed by atoms with van der Waals surface area (Å²) in [5.74, 6) is -0.122. The quantitative estimate of drug-likeness (QED) is 0.683. The van der Waals surface area contributed by atoms with E-state index in [0.29, 0.717) is 18.7 Å². The van der Waals surface area contributed by atoms with Crippen LogP contribution in [0.2, 0.25) is 0 Å². The standard InChI is InChI=1S/C15H20N2O4/c1-10-5-6-13(17(20)21)8-14(10)15(19)16-7-3-4-12(9-16)11(2)18/h5-6,8,11-12,18H,3-4,7,9H2,1-2H3. The van der Waals surface area contributed by atoms with Gasteiger partial charge in [-0.15, -0.1) is 0 Å². The average molecular weight is 292 g/mol. The second-order valence-electron chi connectivity index (χ2n) is 5.65. The molecule has 0 spiro atoms. The maximum Gasteiger partial charge on any atom is 0.270 e. The molecule has 0 radical (unpaired) electrons. The Kier molecular flexibility index (Phi) is 4.57. The first kappa shape index (κ1) is 15.4. The molecule has 1 aromatic rings. The Morgan fingerprint density at radius 3 is 2.86 bits per heavy atom. The minimum atomic E-state index is -0.495. The number of hydrogen-bond acceptors (Lipinski definition) is 4. The molecule has 1 aliphatic rings. The van der Waals surface area contributed by atoms with Crippen LogP contribution in [0.25, 0.3) is 0 Å². The van der Waals surface area contributed by atoms with Gasteiger partial charge in [0.05, 0.1) is 11.0 Å². The van der Waals surface area contributed by atoms with Crippen molar-refractivity contribution >= 4 is 11.6 Å². The van der Waals surface area contributed by atoms with Crippen LogP contribution in [0, 0.1) is 23.0 Å². The number of non-ortho nitro benzene ring substituents is 1. The van der Waals surface area contributed by atoms with Crippen LogP contribution in [0.3, 0.4) is 0 Å². The average Bonchev–Trinajstić information content (AvgIpc) is 2.47. The summed E-state index contributed by atoms with van der Waals surface area (Å²) < 4.78 is 0. The molecule has 0 aliphatic carbocycles. The van der Waals surface area contributed by atoms with Crippen molar-refractivity contribution in [1.29, 1.82) is 0 Å². The fourth-order valence-corrected chi connectivity index (χ4v) is 2.71. The van der Waals surface area contributed by atoms with E-state index in [4.69, 9.17) is 0 Å². The first-order chi connectivity index (χ1) is 9.90. The minimum Gasteiger partial charge on any atom is -0.393 e. The van der Waals surface area contributed by atoms with E-state index in [1.54, 1.807) is 24.8 Å². The van der Waals surface area contributed by atoms with Crippen LogP contribution < -0.4 is 0 Å². The highest BCUT2D eigenvalue weighted by Gasteiger charge is 2.28. The highest BCUT2D eigenvalue weighted by molar-refractivity contribution is 5.96. The van der Waals surface area contributed by atoms with Gasteiger partial charge >= 0.3 is 0 Å². The number of rotatable bonds is 3. The molecule has 6 heteroatoms. The van der Waals surface area contributed by atoms with Gasteiger partial charge < -0.3 is 10.0 Å². The molecular formula is C15H20N2O4. The summed E-state index contributed by atoms with van der Waals surface area (Å²) in [7, 11) is 0. The molecule has 1 saturated heterocycles. The number of nitro benzene ring substituents is 1. The van der Waals surface area contributed by atoms with Crippen LogP contribution in [0.5, 0.6) is 0 Å². The molecule has 1 fully saturated rings. The number of aliphatic hydroxyl groups is 1. The number of carbonyl (C=O) groups excluding carboxylic acids is 1. The Labute approximate surface area is 123 Å². The normalized spacial score (nSPS) is 20.1. The second kappa shape index (κ2) is 6.22. The number of piperidine rings is 1. The SMILES string of the molecule is Cc1ccc([N+](=O)[O-])cc1C(=O)N1CCCC(C(C)O)C1. The molecule has 21 heavy (non-hydrogen) atoms. The summed E-state index contributed by atoms with van der Waals surface area (Å²) in [6, 6.07) is 4.34. The van der Waals surface area contributed by atoms with Crippen LogP contribution in [0.1, 0.15) is 35.7 Å². The largest absolute Gasteiger partial charge is 0.393 e. The maximum absolute atomic E-state index is 12.6. The van der Waals surface area contributed by atoms with Crippen LogP contribution in [-0.4, -0.2) is 40.0 Å². The van der Waals surface area contributed by atoms with E-state index in [-0.39, 0.29) is 17.5 Å². The molecule has 1 aliphatic heterocycles. The number of likely N-dealkylation sites (tertiary alicyclic amines) is 1. The van der Waals surface area contributed by atoms with Gasteiger partial charge in [0.1, 0.15) is 0 Å². The van der Waals surface area contributed by atoms with Gasteiger partial charge in [0.15, 0.2) is 0 Å². The molecule has 114 valence electrons. The number of aryl methyl sites for hydroxylation is 1. The van der Waals surface area contributed by atoms with E-state index in [9.17, 15) is 20.0 Å². The Morgan fingerprint density at radius 2 is 2.24 bits per heavy atom. The molecule has 0 saturated carbocycles. The molecular weight excluding hydrogens is 272 g/mol. The van der Waals surface area contributed by atoms with Gasteiger partial charge in [-0.2, -0.15) is 0 Å². The second-order valence-corrected chi connectivity index (χ2v) is 5.65. The summed E-state index contributed by atoms with van der Waals surface area (Å²) in [5, 5.41) is 20.5. The van der Waals surface area contributed by atoms with Crippen molar-refractivity contribution in [3.8, 4) is 0 Å². The Bertz CT molecular complexity index is 557. The van der Waals surface area contributed by atoms with Crippen molar-refractivity contribution in [3.05, 3.63) is 39.4 Å². The molecule has 1 N–H and O–H groups in total. The number of nitrogens with zero attached hydrogens (tertiary/aromatic N) is 2. The Balaban J connectivity index is 2.23. The van der Waals surface area contributed by atoms with Crippen molar-refractivity contribution in [2.45, 2.75) is 32.8 Å². The van der Waals surface area contributed by atoms with Gasteiger partial charge in [0.25, 0.3) is 11.6 Å². The van der Waals surface area contributed by atoms with E-state index in [2.05, 4.69) is 0 Å². The van der Waals surface area contributed by atoms with Crippen molar-refractivity contribution in [3.63, 3.8) is 0 Å². The molecule has 2 unspecified atom stereocenters. The van der Waals surface area contributed by atoms with Crippen LogP contribution in [-0.2, 0) is 0 Å². The van der Waals surface area contributed by atoms with Gasteiger partial charge in [-0.05, 0) is 32.3 Å². The molecule has 6 nitrogen and oxygen atoms in total. The van der Waals surface area contributed by atoms with Crippen molar-refractivity contribution in [2.24, 2.45) is 5.92 Å². The maximum atomic E-state index is 12.6. The zero-order valence-electron chi connectivity index (χ0n) is 12.3. The van der Waals surface area contributed by atoms with Gasteiger partial charge in [-0.1, -0.05) is 6.07 Å². The Morgan fingerprint density at radius 1 is 1.52 bits per heavy atom. The van der Waals surface area contributed by atoms with E-state index < -0.39 is 11.0 Å². The lowest BCUT2D eigenvalue weighted by Crippen LogP contribution is -2.43. The topological polar surface area (TPSA) is 83.7 Å². The van der Waals surface area contributed by atoms with E-state index >= 15 is 0 Å². The summed E-state index contributed by atoms with van der Waals surface area (Å²) >= 11 is 0. The first-order valence-corrected chi connectivity index (χ1v) is 7.12. The fraction of sp³-hybridized carbons (Fsp3) is 0.533.